The van der Waals surface area contributed by atoms with E-state index < -0.39 is 0 Å². The van der Waals surface area contributed by atoms with Crippen LogP contribution >= 0.6 is 0 Å². The fourth-order valence-electron chi connectivity index (χ4n) is 3.79. The molecule has 4 aromatic rings. The Morgan fingerprint density at radius 1 is 0.867 bits per heavy atom. The number of nitrogens with one attached hydrogen (secondary N) is 1. The Balaban J connectivity index is 1.48. The highest BCUT2D eigenvalue weighted by atomic mass is 16.5. The van der Waals surface area contributed by atoms with Crippen LogP contribution in [0.25, 0.3) is 22.3 Å². The summed E-state index contributed by atoms with van der Waals surface area (Å²) in [5, 5.41) is 4.58. The largest absolute Gasteiger partial charge is 0.378 e. The summed E-state index contributed by atoms with van der Waals surface area (Å²) in [7, 11) is 0. The van der Waals surface area contributed by atoms with Gasteiger partial charge in [0.25, 0.3) is 0 Å². The second-order valence-corrected chi connectivity index (χ2v) is 7.23. The zero-order valence-electron chi connectivity index (χ0n) is 16.7. The second-order valence-electron chi connectivity index (χ2n) is 7.23. The molecule has 0 aliphatic carbocycles. The van der Waals surface area contributed by atoms with Crippen LogP contribution in [-0.4, -0.2) is 41.3 Å². The third kappa shape index (κ3) is 3.82. The molecule has 1 saturated heterocycles. The highest BCUT2D eigenvalue weighted by Gasteiger charge is 2.15. The minimum absolute atomic E-state index is 0.685. The normalized spacial score (nSPS) is 14.1. The summed E-state index contributed by atoms with van der Waals surface area (Å²) in [5.74, 6) is 1.53. The fourth-order valence-corrected chi connectivity index (χ4v) is 3.79. The standard InChI is InChI=1S/C24H23N5O/c1-4-8-22(29-13-15-30-16-14-29)19(5-1)17-26-24-20-6-2-3-7-21(20)27-23(28-24)18-9-11-25-12-10-18/h1-12H,13-17H2,(H,26,27,28). The molecule has 0 saturated carbocycles. The van der Waals surface area contributed by atoms with Crippen molar-refractivity contribution in [2.45, 2.75) is 6.54 Å². The summed E-state index contributed by atoms with van der Waals surface area (Å²) in [5.41, 5.74) is 4.37. The van der Waals surface area contributed by atoms with Crippen LogP contribution < -0.4 is 10.2 Å². The van der Waals surface area contributed by atoms with E-state index in [9.17, 15) is 0 Å². The molecule has 1 fully saturated rings. The van der Waals surface area contributed by atoms with E-state index in [1.165, 1.54) is 11.3 Å². The van der Waals surface area contributed by atoms with Gasteiger partial charge >= 0.3 is 0 Å². The monoisotopic (exact) mass is 397 g/mol. The average molecular weight is 397 g/mol. The molecule has 3 heterocycles. The van der Waals surface area contributed by atoms with Gasteiger partial charge in [0.15, 0.2) is 5.82 Å². The number of nitrogens with zero attached hydrogens (tertiary/aromatic N) is 4. The lowest BCUT2D eigenvalue weighted by Gasteiger charge is -2.30. The Labute approximate surface area is 175 Å². The van der Waals surface area contributed by atoms with Crippen LogP contribution in [0.15, 0.2) is 73.1 Å². The average Bonchev–Trinajstić information content (AvgIpc) is 2.83. The molecule has 1 aliphatic rings. The number of hydrogen-bond acceptors (Lipinski definition) is 6. The maximum Gasteiger partial charge on any atom is 0.162 e. The lowest BCUT2D eigenvalue weighted by Crippen LogP contribution is -2.36. The van der Waals surface area contributed by atoms with E-state index in [0.717, 1.165) is 48.6 Å². The number of pyridine rings is 1. The van der Waals surface area contributed by atoms with Gasteiger partial charge in [0.1, 0.15) is 5.82 Å². The van der Waals surface area contributed by atoms with Gasteiger partial charge in [-0.1, -0.05) is 30.3 Å². The van der Waals surface area contributed by atoms with Gasteiger partial charge in [0.05, 0.1) is 18.7 Å². The number of benzene rings is 2. The van der Waals surface area contributed by atoms with Crippen molar-refractivity contribution in [3.05, 3.63) is 78.6 Å². The topological polar surface area (TPSA) is 63.2 Å². The minimum atomic E-state index is 0.685. The molecule has 0 atom stereocenters. The molecule has 2 aromatic heterocycles. The number of fused-ring (bicyclic) bond motifs is 1. The molecule has 30 heavy (non-hydrogen) atoms. The first-order valence-corrected chi connectivity index (χ1v) is 10.2. The summed E-state index contributed by atoms with van der Waals surface area (Å²) in [6.45, 7) is 4.06. The van der Waals surface area contributed by atoms with Crippen LogP contribution in [0.4, 0.5) is 11.5 Å². The molecule has 0 radical (unpaired) electrons. The van der Waals surface area contributed by atoms with Gasteiger partial charge in [-0.3, -0.25) is 4.98 Å². The van der Waals surface area contributed by atoms with Crippen LogP contribution in [0.3, 0.4) is 0 Å². The molecule has 5 rings (SSSR count). The van der Waals surface area contributed by atoms with Crippen LogP contribution in [0.1, 0.15) is 5.56 Å². The molecule has 1 aliphatic heterocycles. The number of ether oxygens (including phenoxy) is 1. The molecule has 6 heteroatoms. The van der Waals surface area contributed by atoms with E-state index in [4.69, 9.17) is 14.7 Å². The molecular formula is C24H23N5O. The van der Waals surface area contributed by atoms with E-state index in [2.05, 4.69) is 45.5 Å². The SMILES string of the molecule is c1ccc(N2CCOCC2)c(CNc2nc(-c3ccncc3)nc3ccccc23)c1. The Hall–Kier alpha value is -3.51. The summed E-state index contributed by atoms with van der Waals surface area (Å²) >= 11 is 0. The summed E-state index contributed by atoms with van der Waals surface area (Å²) in [6.07, 6.45) is 3.53. The predicted molar refractivity (Wildman–Crippen MR) is 120 cm³/mol. The van der Waals surface area contributed by atoms with Crippen molar-refractivity contribution in [1.29, 1.82) is 0 Å². The number of para-hydroxylation sites is 2. The highest BCUT2D eigenvalue weighted by Crippen LogP contribution is 2.27. The van der Waals surface area contributed by atoms with E-state index in [1.54, 1.807) is 12.4 Å². The Morgan fingerprint density at radius 2 is 1.63 bits per heavy atom. The highest BCUT2D eigenvalue weighted by molar-refractivity contribution is 5.90. The first kappa shape index (κ1) is 18.5. The maximum absolute atomic E-state index is 5.52. The number of hydrogen-bond donors (Lipinski definition) is 1. The minimum Gasteiger partial charge on any atom is -0.378 e. The lowest BCUT2D eigenvalue weighted by molar-refractivity contribution is 0.122. The number of morpholine rings is 1. The van der Waals surface area contributed by atoms with E-state index in [-0.39, 0.29) is 0 Å². The molecule has 150 valence electrons. The Kier molecular flexibility index (Phi) is 5.23. The summed E-state index contributed by atoms with van der Waals surface area (Å²) < 4.78 is 5.52. The van der Waals surface area contributed by atoms with Crippen LogP contribution in [0.2, 0.25) is 0 Å². The van der Waals surface area contributed by atoms with Crippen molar-refractivity contribution in [2.24, 2.45) is 0 Å². The van der Waals surface area contributed by atoms with Crippen molar-refractivity contribution in [2.75, 3.05) is 36.5 Å². The fraction of sp³-hybridized carbons (Fsp3) is 0.208. The van der Waals surface area contributed by atoms with Crippen LogP contribution in [-0.2, 0) is 11.3 Å². The number of anilines is 2. The van der Waals surface area contributed by atoms with Crippen LogP contribution in [0, 0.1) is 0 Å². The number of aromatic nitrogens is 3. The van der Waals surface area contributed by atoms with E-state index in [1.807, 2.05) is 30.3 Å². The van der Waals surface area contributed by atoms with Crippen molar-refractivity contribution in [3.63, 3.8) is 0 Å². The molecule has 0 unspecified atom stereocenters. The Morgan fingerprint density at radius 3 is 2.50 bits per heavy atom. The third-order valence-corrected chi connectivity index (χ3v) is 5.33. The lowest BCUT2D eigenvalue weighted by atomic mass is 10.1. The van der Waals surface area contributed by atoms with Gasteiger partial charge in [-0.25, -0.2) is 9.97 Å². The van der Waals surface area contributed by atoms with E-state index in [0.29, 0.717) is 12.4 Å². The second kappa shape index (κ2) is 8.47. The molecule has 0 bridgehead atoms. The van der Waals surface area contributed by atoms with Crippen molar-refractivity contribution in [3.8, 4) is 11.4 Å². The molecule has 2 aromatic carbocycles. The van der Waals surface area contributed by atoms with Gasteiger partial charge in [0.2, 0.25) is 0 Å². The van der Waals surface area contributed by atoms with Gasteiger partial charge in [-0.05, 0) is 35.9 Å². The van der Waals surface area contributed by atoms with Crippen molar-refractivity contribution < 1.29 is 4.74 Å². The smallest absolute Gasteiger partial charge is 0.162 e. The van der Waals surface area contributed by atoms with Crippen molar-refractivity contribution in [1.82, 2.24) is 15.0 Å². The van der Waals surface area contributed by atoms with E-state index >= 15 is 0 Å². The zero-order valence-corrected chi connectivity index (χ0v) is 16.7. The first-order chi connectivity index (χ1) is 14.9. The van der Waals surface area contributed by atoms with Crippen LogP contribution in [0.5, 0.6) is 0 Å². The van der Waals surface area contributed by atoms with Gasteiger partial charge in [-0.2, -0.15) is 0 Å². The Bertz CT molecular complexity index is 1140. The number of rotatable bonds is 5. The quantitative estimate of drug-likeness (QED) is 0.546. The zero-order chi connectivity index (χ0) is 20.2. The first-order valence-electron chi connectivity index (χ1n) is 10.2. The maximum atomic E-state index is 5.52. The molecule has 1 N–H and O–H groups in total. The summed E-state index contributed by atoms with van der Waals surface area (Å²) in [4.78, 5) is 16.1. The predicted octanol–water partition coefficient (Wildman–Crippen LogP) is 4.14. The summed E-state index contributed by atoms with van der Waals surface area (Å²) in [6, 6.07) is 20.5. The molecule has 0 spiro atoms. The third-order valence-electron chi connectivity index (χ3n) is 5.33. The molecule has 6 nitrogen and oxygen atoms in total. The van der Waals surface area contributed by atoms with Gasteiger partial charge in [0, 0.05) is 48.7 Å². The van der Waals surface area contributed by atoms with Gasteiger partial charge in [-0.15, -0.1) is 0 Å². The molecular weight excluding hydrogens is 374 g/mol. The molecule has 0 amide bonds. The van der Waals surface area contributed by atoms with Gasteiger partial charge < -0.3 is 15.0 Å². The van der Waals surface area contributed by atoms with Crippen molar-refractivity contribution >= 4 is 22.4 Å².